The summed E-state index contributed by atoms with van der Waals surface area (Å²) in [5.41, 5.74) is 0.614. The Hall–Kier alpha value is -2.15. The monoisotopic (exact) mass is 333 g/mol. The first-order valence-corrected chi connectivity index (χ1v) is 8.32. The minimum absolute atomic E-state index is 0.0109. The van der Waals surface area contributed by atoms with Crippen LogP contribution in [0, 0.1) is 12.8 Å². The van der Waals surface area contributed by atoms with Crippen LogP contribution in [-0.2, 0) is 15.1 Å². The van der Waals surface area contributed by atoms with E-state index < -0.39 is 11.5 Å². The number of hydrogen-bond acceptors (Lipinski definition) is 4. The summed E-state index contributed by atoms with van der Waals surface area (Å²) >= 11 is 1.70. The number of aliphatic carboxylic acids is 1. The maximum Gasteiger partial charge on any atom is 0.331 e. The Bertz CT molecular complexity index is 762. The molecule has 2 heterocycles. The first kappa shape index (κ1) is 15.7. The number of aromatic nitrogens is 2. The molecule has 6 nitrogen and oxygen atoms in total. The normalized spacial score (nSPS) is 20.3. The predicted molar refractivity (Wildman–Crippen MR) is 87.7 cm³/mol. The third-order valence-electron chi connectivity index (χ3n) is 4.31. The number of carbonyl (C=O) groups excluding carboxylic acids is 1. The van der Waals surface area contributed by atoms with Gasteiger partial charge in [0, 0.05) is 22.9 Å². The average Bonchev–Trinajstić information content (AvgIpc) is 2.92. The van der Waals surface area contributed by atoms with Crippen molar-refractivity contribution in [3.05, 3.63) is 34.3 Å². The van der Waals surface area contributed by atoms with Gasteiger partial charge in [-0.2, -0.15) is 5.10 Å². The van der Waals surface area contributed by atoms with Crippen molar-refractivity contribution in [1.29, 1.82) is 0 Å². The van der Waals surface area contributed by atoms with Gasteiger partial charge in [-0.05, 0) is 44.2 Å². The van der Waals surface area contributed by atoms with Crippen LogP contribution in [0.15, 0.2) is 23.8 Å². The highest BCUT2D eigenvalue weighted by Crippen LogP contribution is 2.50. The van der Waals surface area contributed by atoms with Crippen molar-refractivity contribution in [1.82, 2.24) is 9.78 Å². The Kier molecular flexibility index (Phi) is 3.75. The number of nitrogens with one attached hydrogen (secondary N) is 1. The fourth-order valence-corrected chi connectivity index (χ4v) is 3.67. The largest absolute Gasteiger partial charge is 0.479 e. The van der Waals surface area contributed by atoms with Crippen molar-refractivity contribution in [3.63, 3.8) is 0 Å². The van der Waals surface area contributed by atoms with Gasteiger partial charge in [-0.25, -0.2) is 4.79 Å². The van der Waals surface area contributed by atoms with Gasteiger partial charge in [0.15, 0.2) is 5.54 Å². The molecule has 23 heavy (non-hydrogen) atoms. The first-order valence-electron chi connectivity index (χ1n) is 7.44. The van der Waals surface area contributed by atoms with Crippen LogP contribution in [0.3, 0.4) is 0 Å². The molecule has 0 radical (unpaired) electrons. The van der Waals surface area contributed by atoms with E-state index >= 15 is 0 Å². The molecule has 1 saturated carbocycles. The Morgan fingerprint density at radius 2 is 2.22 bits per heavy atom. The lowest BCUT2D eigenvalue weighted by Gasteiger charge is -2.19. The van der Waals surface area contributed by atoms with Crippen molar-refractivity contribution >= 4 is 28.9 Å². The minimum atomic E-state index is -1.15. The number of carbonyl (C=O) groups is 2. The van der Waals surface area contributed by atoms with Crippen LogP contribution in [0.5, 0.6) is 0 Å². The van der Waals surface area contributed by atoms with Crippen molar-refractivity contribution in [2.24, 2.45) is 5.92 Å². The van der Waals surface area contributed by atoms with Gasteiger partial charge in [0.2, 0.25) is 5.91 Å². The molecule has 1 fully saturated rings. The lowest BCUT2D eigenvalue weighted by molar-refractivity contribution is -0.146. The van der Waals surface area contributed by atoms with E-state index in [2.05, 4.69) is 28.8 Å². The molecular formula is C16H19N3O3S. The molecule has 7 heteroatoms. The third kappa shape index (κ3) is 2.88. The summed E-state index contributed by atoms with van der Waals surface area (Å²) in [4.78, 5) is 24.8. The van der Waals surface area contributed by atoms with Gasteiger partial charge in [-0.15, -0.1) is 11.3 Å². The number of carboxylic acid groups (broad SMARTS) is 1. The number of aryl methyl sites for hydroxylation is 1. The number of thiophene rings is 1. The zero-order valence-corrected chi connectivity index (χ0v) is 14.1. The zero-order valence-electron chi connectivity index (χ0n) is 13.2. The van der Waals surface area contributed by atoms with Crippen molar-refractivity contribution in [2.45, 2.75) is 38.6 Å². The molecule has 1 amide bonds. The van der Waals surface area contributed by atoms with Gasteiger partial charge in [0.1, 0.15) is 0 Å². The zero-order chi connectivity index (χ0) is 16.8. The third-order valence-corrected chi connectivity index (χ3v) is 5.46. The maximum atomic E-state index is 12.3. The van der Waals surface area contributed by atoms with E-state index in [4.69, 9.17) is 0 Å². The molecule has 122 valence electrons. The van der Waals surface area contributed by atoms with E-state index in [9.17, 15) is 14.7 Å². The Morgan fingerprint density at radius 3 is 2.83 bits per heavy atom. The molecule has 2 N–H and O–H groups in total. The van der Waals surface area contributed by atoms with Gasteiger partial charge in [-0.3, -0.25) is 9.48 Å². The van der Waals surface area contributed by atoms with Crippen LogP contribution < -0.4 is 5.32 Å². The van der Waals surface area contributed by atoms with E-state index in [0.29, 0.717) is 11.6 Å². The number of nitrogens with zero attached hydrogens (tertiary/aromatic N) is 2. The molecule has 2 atom stereocenters. The quantitative estimate of drug-likeness (QED) is 0.881. The van der Waals surface area contributed by atoms with Crippen LogP contribution in [0.2, 0.25) is 0 Å². The first-order chi connectivity index (χ1) is 10.8. The number of rotatable bonds is 5. The number of hydrogen-bond donors (Lipinski definition) is 2. The Morgan fingerprint density at radius 1 is 1.48 bits per heavy atom. The molecule has 0 spiro atoms. The van der Waals surface area contributed by atoms with Gasteiger partial charge in [0.05, 0.1) is 11.9 Å². The maximum absolute atomic E-state index is 12.3. The molecule has 1 aliphatic carbocycles. The van der Waals surface area contributed by atoms with E-state index in [1.807, 2.05) is 0 Å². The standard InChI is InChI=1S/C16H19N3O3S/c1-9-4-5-23-13(9)11-6-12(11)14(20)18-10-7-17-19(8-10)16(2,3)15(21)22/h4-5,7-8,11-12H,6H2,1-3H3,(H,18,20)(H,21,22). The van der Waals surface area contributed by atoms with Gasteiger partial charge < -0.3 is 10.4 Å². The molecule has 2 aromatic rings. The highest BCUT2D eigenvalue weighted by atomic mass is 32.1. The van der Waals surface area contributed by atoms with E-state index in [1.165, 1.54) is 21.3 Å². The smallest absolute Gasteiger partial charge is 0.331 e. The SMILES string of the molecule is Cc1ccsc1C1CC1C(=O)Nc1cnn(C(C)(C)C(=O)O)c1. The van der Waals surface area contributed by atoms with Gasteiger partial charge in [-0.1, -0.05) is 0 Å². The highest BCUT2D eigenvalue weighted by Gasteiger charge is 2.45. The van der Waals surface area contributed by atoms with Crippen molar-refractivity contribution in [2.75, 3.05) is 5.32 Å². The lowest BCUT2D eigenvalue weighted by Crippen LogP contribution is -2.35. The topological polar surface area (TPSA) is 84.2 Å². The molecule has 1 aliphatic rings. The summed E-state index contributed by atoms with van der Waals surface area (Å²) in [5, 5.41) is 18.1. The molecule has 0 saturated heterocycles. The van der Waals surface area contributed by atoms with Gasteiger partial charge >= 0.3 is 5.97 Å². The average molecular weight is 333 g/mol. The van der Waals surface area contributed by atoms with Crippen molar-refractivity contribution in [3.8, 4) is 0 Å². The van der Waals surface area contributed by atoms with Crippen LogP contribution in [0.4, 0.5) is 5.69 Å². The molecule has 0 bridgehead atoms. The molecule has 2 unspecified atom stereocenters. The number of anilines is 1. The number of carboxylic acids is 1. The lowest BCUT2D eigenvalue weighted by atomic mass is 10.1. The molecule has 0 aliphatic heterocycles. The second-order valence-corrected chi connectivity index (χ2v) is 7.39. The summed E-state index contributed by atoms with van der Waals surface area (Å²) in [6.45, 7) is 5.19. The molecule has 2 aromatic heterocycles. The molecular weight excluding hydrogens is 314 g/mol. The van der Waals surface area contributed by atoms with Crippen LogP contribution in [0.1, 0.15) is 36.6 Å². The fourth-order valence-electron chi connectivity index (χ4n) is 2.56. The summed E-state index contributed by atoms with van der Waals surface area (Å²) in [7, 11) is 0. The van der Waals surface area contributed by atoms with Crippen molar-refractivity contribution < 1.29 is 14.7 Å². The number of amides is 1. The predicted octanol–water partition coefficient (Wildman–Crippen LogP) is 2.81. The van der Waals surface area contributed by atoms with E-state index in [0.717, 1.165) is 6.42 Å². The molecule has 3 rings (SSSR count). The highest BCUT2D eigenvalue weighted by molar-refractivity contribution is 7.10. The molecule has 0 aromatic carbocycles. The Labute approximate surface area is 138 Å². The van der Waals surface area contributed by atoms with E-state index in [1.54, 1.807) is 31.4 Å². The summed E-state index contributed by atoms with van der Waals surface area (Å²) in [6, 6.07) is 2.07. The second-order valence-electron chi connectivity index (χ2n) is 6.44. The minimum Gasteiger partial charge on any atom is -0.479 e. The van der Waals surface area contributed by atoms with Crippen LogP contribution in [0.25, 0.3) is 0 Å². The van der Waals surface area contributed by atoms with Crippen LogP contribution in [-0.4, -0.2) is 26.8 Å². The summed E-state index contributed by atoms with van der Waals surface area (Å²) < 4.78 is 1.35. The fraction of sp³-hybridized carbons (Fsp3) is 0.438. The van der Waals surface area contributed by atoms with Gasteiger partial charge in [0.25, 0.3) is 0 Å². The second kappa shape index (κ2) is 5.49. The summed E-state index contributed by atoms with van der Waals surface area (Å²) in [6.07, 6.45) is 3.90. The van der Waals surface area contributed by atoms with E-state index in [-0.39, 0.29) is 11.8 Å². The summed E-state index contributed by atoms with van der Waals surface area (Å²) in [5.74, 6) is -0.715. The Balaban J connectivity index is 1.65. The van der Waals surface area contributed by atoms with Crippen LogP contribution >= 0.6 is 11.3 Å².